The SMILES string of the molecule is [CH2]COc1c(Br)c(Br)c(Br)c(Br)c1Br. The zero-order chi connectivity index (χ0) is 10.9. The Bertz CT molecular complexity index is 334. The average molecular weight is 516 g/mol. The molecular weight excluding hydrogens is 512 g/mol. The van der Waals surface area contributed by atoms with Crippen molar-refractivity contribution < 1.29 is 4.74 Å². The van der Waals surface area contributed by atoms with Crippen molar-refractivity contribution in [3.8, 4) is 5.75 Å². The average Bonchev–Trinajstić information content (AvgIpc) is 2.19. The van der Waals surface area contributed by atoms with Gasteiger partial charge in [0.15, 0.2) is 0 Å². The highest BCUT2D eigenvalue weighted by atomic mass is 79.9. The Hall–Kier alpha value is 1.42. The van der Waals surface area contributed by atoms with E-state index in [0.717, 1.165) is 28.1 Å². The summed E-state index contributed by atoms with van der Waals surface area (Å²) in [5.41, 5.74) is 0. The maximum Gasteiger partial charge on any atom is 0.150 e. The van der Waals surface area contributed by atoms with Gasteiger partial charge in [-0.05, 0) is 86.6 Å². The summed E-state index contributed by atoms with van der Waals surface area (Å²) in [4.78, 5) is 0. The molecule has 1 nitrogen and oxygen atoms in total. The molecule has 0 saturated carbocycles. The van der Waals surface area contributed by atoms with E-state index in [1.807, 2.05) is 0 Å². The summed E-state index contributed by atoms with van der Waals surface area (Å²) in [5.74, 6) is 0.724. The summed E-state index contributed by atoms with van der Waals surface area (Å²) in [6.07, 6.45) is 0. The second kappa shape index (κ2) is 5.66. The number of halogens is 5. The monoisotopic (exact) mass is 511 g/mol. The molecule has 6 heteroatoms. The van der Waals surface area contributed by atoms with Crippen molar-refractivity contribution in [2.24, 2.45) is 0 Å². The fraction of sp³-hybridized carbons (Fsp3) is 0.125. The fourth-order valence-corrected chi connectivity index (χ4v) is 4.05. The lowest BCUT2D eigenvalue weighted by Gasteiger charge is -2.13. The van der Waals surface area contributed by atoms with Crippen LogP contribution in [-0.4, -0.2) is 6.61 Å². The molecular formula is C8H4Br5O. The lowest BCUT2D eigenvalue weighted by molar-refractivity contribution is 0.356. The maximum absolute atomic E-state index is 5.40. The fourth-order valence-electron chi connectivity index (χ4n) is 0.814. The van der Waals surface area contributed by atoms with Gasteiger partial charge in [-0.1, -0.05) is 0 Å². The number of hydrogen-bond acceptors (Lipinski definition) is 1. The van der Waals surface area contributed by atoms with Crippen molar-refractivity contribution >= 4 is 79.6 Å². The molecule has 0 amide bonds. The van der Waals surface area contributed by atoms with Crippen LogP contribution in [0, 0.1) is 6.92 Å². The predicted octanol–water partition coefficient (Wildman–Crippen LogP) is 5.71. The predicted molar refractivity (Wildman–Crippen MR) is 75.8 cm³/mol. The van der Waals surface area contributed by atoms with Crippen LogP contribution in [0.1, 0.15) is 0 Å². The highest BCUT2D eigenvalue weighted by molar-refractivity contribution is 9.15. The molecule has 0 bridgehead atoms. The summed E-state index contributed by atoms with van der Waals surface area (Å²) in [6.45, 7) is 4.01. The van der Waals surface area contributed by atoms with E-state index in [-0.39, 0.29) is 0 Å². The standard InChI is InChI=1S/C8H4Br5O/c1-2-14-8-6(12)4(10)3(9)5(11)7(8)13/h1-2H2. The van der Waals surface area contributed by atoms with E-state index >= 15 is 0 Å². The molecule has 0 heterocycles. The van der Waals surface area contributed by atoms with Crippen molar-refractivity contribution in [2.75, 3.05) is 6.61 Å². The van der Waals surface area contributed by atoms with Gasteiger partial charge < -0.3 is 4.74 Å². The lowest BCUT2D eigenvalue weighted by atomic mass is 10.3. The van der Waals surface area contributed by atoms with Gasteiger partial charge in [0, 0.05) is 4.47 Å². The molecule has 0 atom stereocenters. The molecule has 77 valence electrons. The van der Waals surface area contributed by atoms with Crippen LogP contribution in [0.3, 0.4) is 0 Å². The van der Waals surface area contributed by atoms with Gasteiger partial charge in [-0.3, -0.25) is 0 Å². The molecule has 14 heavy (non-hydrogen) atoms. The highest BCUT2D eigenvalue weighted by Gasteiger charge is 2.18. The van der Waals surface area contributed by atoms with Crippen molar-refractivity contribution in [2.45, 2.75) is 0 Å². The molecule has 1 radical (unpaired) electrons. The van der Waals surface area contributed by atoms with Crippen LogP contribution in [0.4, 0.5) is 0 Å². The summed E-state index contributed by atoms with van der Waals surface area (Å²) < 4.78 is 9.82. The number of rotatable bonds is 2. The minimum absolute atomic E-state index is 0.373. The van der Waals surface area contributed by atoms with Crippen LogP contribution < -0.4 is 4.74 Å². The van der Waals surface area contributed by atoms with E-state index in [9.17, 15) is 0 Å². The Balaban J connectivity index is 3.43. The summed E-state index contributed by atoms with van der Waals surface area (Å²) in [5, 5.41) is 0. The summed E-state index contributed by atoms with van der Waals surface area (Å²) in [6, 6.07) is 0. The molecule has 0 N–H and O–H groups in total. The third-order valence-electron chi connectivity index (χ3n) is 1.42. The molecule has 0 aliphatic carbocycles. The largest absolute Gasteiger partial charge is 0.491 e. The quantitative estimate of drug-likeness (QED) is 0.362. The minimum atomic E-state index is 0.373. The first-order valence-corrected chi connectivity index (χ1v) is 7.40. The summed E-state index contributed by atoms with van der Waals surface area (Å²) >= 11 is 17.2. The maximum atomic E-state index is 5.40. The van der Waals surface area contributed by atoms with Crippen LogP contribution in [0.25, 0.3) is 0 Å². The van der Waals surface area contributed by atoms with Crippen LogP contribution >= 0.6 is 79.6 Å². The smallest absolute Gasteiger partial charge is 0.150 e. The van der Waals surface area contributed by atoms with E-state index in [0.29, 0.717) is 6.61 Å². The van der Waals surface area contributed by atoms with E-state index in [1.165, 1.54) is 0 Å². The molecule has 0 aromatic heterocycles. The molecule has 0 aliphatic rings. The third-order valence-corrected chi connectivity index (χ3v) is 7.44. The molecule has 0 spiro atoms. The normalized spacial score (nSPS) is 10.4. The van der Waals surface area contributed by atoms with Crippen LogP contribution in [0.15, 0.2) is 22.4 Å². The second-order valence-electron chi connectivity index (χ2n) is 2.25. The first-order chi connectivity index (χ1) is 6.50. The topological polar surface area (TPSA) is 9.23 Å². The Labute approximate surface area is 125 Å². The first kappa shape index (κ1) is 13.5. The number of ether oxygens (including phenoxy) is 1. The van der Waals surface area contributed by atoms with Gasteiger partial charge in [-0.2, -0.15) is 0 Å². The van der Waals surface area contributed by atoms with E-state index in [2.05, 4.69) is 86.6 Å². The summed E-state index contributed by atoms with van der Waals surface area (Å²) in [7, 11) is 0. The lowest BCUT2D eigenvalue weighted by Crippen LogP contribution is -1.95. The first-order valence-electron chi connectivity index (χ1n) is 3.44. The zero-order valence-corrected chi connectivity index (χ0v) is 14.6. The van der Waals surface area contributed by atoms with Gasteiger partial charge in [0.1, 0.15) is 5.75 Å². The molecule has 0 unspecified atom stereocenters. The van der Waals surface area contributed by atoms with Crippen molar-refractivity contribution in [3.05, 3.63) is 29.3 Å². The van der Waals surface area contributed by atoms with Gasteiger partial charge in [0.25, 0.3) is 0 Å². The van der Waals surface area contributed by atoms with Gasteiger partial charge in [-0.15, -0.1) is 0 Å². The highest BCUT2D eigenvalue weighted by Crippen LogP contribution is 2.48. The second-order valence-corrected chi connectivity index (χ2v) is 6.21. The van der Waals surface area contributed by atoms with Crippen molar-refractivity contribution in [1.82, 2.24) is 0 Å². The number of hydrogen-bond donors (Lipinski definition) is 0. The van der Waals surface area contributed by atoms with Gasteiger partial charge >= 0.3 is 0 Å². The molecule has 1 aromatic rings. The van der Waals surface area contributed by atoms with Crippen LogP contribution in [0.2, 0.25) is 0 Å². The molecule has 0 saturated heterocycles. The molecule has 0 fully saturated rings. The third kappa shape index (κ3) is 2.56. The Kier molecular flexibility index (Phi) is 5.45. The van der Waals surface area contributed by atoms with E-state index < -0.39 is 0 Å². The van der Waals surface area contributed by atoms with E-state index in [1.54, 1.807) is 0 Å². The Morgan fingerprint density at radius 3 is 1.50 bits per heavy atom. The van der Waals surface area contributed by atoms with Gasteiger partial charge in [-0.25, -0.2) is 0 Å². The van der Waals surface area contributed by atoms with Crippen LogP contribution in [0.5, 0.6) is 5.75 Å². The van der Waals surface area contributed by atoms with Crippen LogP contribution in [-0.2, 0) is 0 Å². The number of benzene rings is 1. The molecule has 1 aromatic carbocycles. The molecule has 0 aliphatic heterocycles. The Morgan fingerprint density at radius 2 is 1.14 bits per heavy atom. The Morgan fingerprint density at radius 1 is 0.786 bits per heavy atom. The zero-order valence-electron chi connectivity index (χ0n) is 6.71. The minimum Gasteiger partial charge on any atom is -0.491 e. The van der Waals surface area contributed by atoms with Gasteiger partial charge in [0.05, 0.1) is 24.5 Å². The van der Waals surface area contributed by atoms with Crippen molar-refractivity contribution in [3.63, 3.8) is 0 Å². The van der Waals surface area contributed by atoms with Gasteiger partial charge in [0.2, 0.25) is 0 Å². The molecule has 1 rings (SSSR count). The van der Waals surface area contributed by atoms with E-state index in [4.69, 9.17) is 4.74 Å². The van der Waals surface area contributed by atoms with Crippen molar-refractivity contribution in [1.29, 1.82) is 0 Å².